The van der Waals surface area contributed by atoms with Gasteiger partial charge in [0.15, 0.2) is 0 Å². The first kappa shape index (κ1) is 47.7. The van der Waals surface area contributed by atoms with E-state index in [1.54, 1.807) is 36.4 Å². The zero-order chi connectivity index (χ0) is 35.1. The van der Waals surface area contributed by atoms with Gasteiger partial charge >= 0.3 is 34.7 Å². The molecule has 0 N–H and O–H groups in total. The summed E-state index contributed by atoms with van der Waals surface area (Å²) < 4.78 is 43.6. The molecular weight excluding hydrogens is 699 g/mol. The first-order valence-corrected chi connectivity index (χ1v) is 17.9. The Morgan fingerprint density at radius 1 is 0.383 bits per heavy atom. The van der Waals surface area contributed by atoms with Crippen LogP contribution in [0.3, 0.4) is 0 Å². The predicted molar refractivity (Wildman–Crippen MR) is 172 cm³/mol. The van der Waals surface area contributed by atoms with Crippen molar-refractivity contribution in [3.05, 3.63) is 89.5 Å². The molecule has 3 rings (SSSR count). The van der Waals surface area contributed by atoms with E-state index in [9.17, 15) is 43.1 Å². The Morgan fingerprint density at radius 2 is 0.532 bits per heavy atom. The number of hydrogen-bond acceptors (Lipinski definition) is 12. The van der Waals surface area contributed by atoms with Gasteiger partial charge in [0.05, 0.1) is 0 Å². The fourth-order valence-electron chi connectivity index (χ4n) is 3.43. The minimum atomic E-state index is -4.94. The molecule has 0 aromatic heterocycles. The van der Waals surface area contributed by atoms with Gasteiger partial charge in [0.2, 0.25) is 0 Å². The molecule has 3 aromatic carbocycles. The number of benzene rings is 3. The molecule has 17 heteroatoms. The third-order valence-corrected chi connectivity index (χ3v) is 7.12. The molecule has 252 valence electrons. The molecule has 0 atom stereocenters. The van der Waals surface area contributed by atoms with Crippen LogP contribution in [0.1, 0.15) is 79.0 Å². The molecule has 47 heavy (non-hydrogen) atoms. The van der Waals surface area contributed by atoms with Crippen molar-refractivity contribution in [2.75, 3.05) is 0 Å². The molecule has 0 bridgehead atoms. The zero-order valence-electron chi connectivity index (χ0n) is 27.8. The molecule has 0 aliphatic rings. The summed E-state index contributed by atoms with van der Waals surface area (Å²) in [7, 11) is -14.8. The maximum atomic E-state index is 10.3. The molecule has 0 aliphatic carbocycles. The molecule has 0 fully saturated rings. The average molecular weight is 739 g/mol. The van der Waals surface area contributed by atoms with E-state index < -0.39 is 23.5 Å². The molecule has 0 unspecified atom stereocenters. The van der Waals surface area contributed by atoms with Crippen LogP contribution in [0.2, 0.25) is 0 Å². The molecule has 0 saturated heterocycles. The van der Waals surface area contributed by atoms with Gasteiger partial charge in [-0.05, 0) is 69.3 Å². The van der Waals surface area contributed by atoms with Gasteiger partial charge < -0.3 is 56.6 Å². The van der Waals surface area contributed by atoms with Crippen molar-refractivity contribution in [2.45, 2.75) is 78.6 Å². The number of hydrogen-bond donors (Lipinski definition) is 0. The normalized spacial score (nSPS) is 12.1. The maximum absolute atomic E-state index is 10.3. The molecular formula is C30H39Al2O12P3. The molecule has 12 nitrogen and oxygen atoms in total. The number of rotatable bonds is 6. The Hall–Kier alpha value is -1.43. The largest absolute Gasteiger partial charge is 3.00 e. The average Bonchev–Trinajstić information content (AvgIpc) is 2.81. The monoisotopic (exact) mass is 738 g/mol. The summed E-state index contributed by atoms with van der Waals surface area (Å²) in [5.74, 6) is 0.156. The van der Waals surface area contributed by atoms with Crippen LogP contribution < -0.4 is 42.9 Å². The Morgan fingerprint density at radius 3 is 0.638 bits per heavy atom. The van der Waals surface area contributed by atoms with Gasteiger partial charge in [0.1, 0.15) is 40.7 Å². The van der Waals surface area contributed by atoms with Crippen LogP contribution in [0.15, 0.2) is 72.8 Å². The fourth-order valence-corrected chi connectivity index (χ4v) is 4.57. The van der Waals surface area contributed by atoms with Crippen LogP contribution in [-0.4, -0.2) is 34.7 Å². The second kappa shape index (κ2) is 18.5. The first-order chi connectivity index (χ1) is 20.1. The number of phosphoric ester groups is 3. The van der Waals surface area contributed by atoms with E-state index in [1.807, 2.05) is 62.3 Å². The van der Waals surface area contributed by atoms with Gasteiger partial charge in [-0.25, -0.2) is 0 Å². The number of phosphoric acid groups is 3. The Bertz CT molecular complexity index is 1310. The van der Waals surface area contributed by atoms with Crippen molar-refractivity contribution in [3.63, 3.8) is 0 Å². The van der Waals surface area contributed by atoms with Crippen LogP contribution in [0.4, 0.5) is 0 Å². The van der Waals surface area contributed by atoms with E-state index in [0.717, 1.165) is 16.7 Å². The van der Waals surface area contributed by atoms with E-state index in [0.29, 0.717) is 0 Å². The fraction of sp³-hybridized carbons (Fsp3) is 0.400. The van der Waals surface area contributed by atoms with E-state index in [4.69, 9.17) is 0 Å². The van der Waals surface area contributed by atoms with Crippen molar-refractivity contribution in [1.29, 1.82) is 0 Å². The van der Waals surface area contributed by atoms with Crippen LogP contribution in [0, 0.1) is 0 Å². The van der Waals surface area contributed by atoms with Gasteiger partial charge in [-0.3, -0.25) is 0 Å². The molecule has 0 radical (unpaired) electrons. The Balaban J connectivity index is 0. The van der Waals surface area contributed by atoms with E-state index >= 15 is 0 Å². The van der Waals surface area contributed by atoms with Crippen molar-refractivity contribution >= 4 is 58.2 Å². The van der Waals surface area contributed by atoms with E-state index in [1.165, 1.54) is 36.4 Å². The summed E-state index contributed by atoms with van der Waals surface area (Å²) in [5, 5.41) is 0. The van der Waals surface area contributed by atoms with Gasteiger partial charge in [-0.15, -0.1) is 0 Å². The first-order valence-electron chi connectivity index (χ1n) is 13.5. The van der Waals surface area contributed by atoms with Crippen LogP contribution in [-0.2, 0) is 29.9 Å². The quantitative estimate of drug-likeness (QED) is 0.264. The van der Waals surface area contributed by atoms with Crippen molar-refractivity contribution in [1.82, 2.24) is 0 Å². The van der Waals surface area contributed by atoms with Crippen LogP contribution >= 0.6 is 23.5 Å². The molecule has 0 aliphatic heterocycles. The van der Waals surface area contributed by atoms with Crippen LogP contribution in [0.5, 0.6) is 17.2 Å². The second-order valence-electron chi connectivity index (χ2n) is 12.9. The summed E-state index contributed by atoms with van der Waals surface area (Å²) in [6.07, 6.45) is 0. The molecule has 0 amide bonds. The third kappa shape index (κ3) is 21.3. The molecule has 3 aromatic rings. The zero-order valence-corrected chi connectivity index (χ0v) is 32.8. The van der Waals surface area contributed by atoms with Crippen molar-refractivity contribution in [2.24, 2.45) is 0 Å². The summed E-state index contributed by atoms with van der Waals surface area (Å²) in [6.45, 7) is 18.3. The van der Waals surface area contributed by atoms with E-state index in [2.05, 4.69) is 13.6 Å². The Labute approximate surface area is 298 Å². The minimum absolute atomic E-state index is 0. The van der Waals surface area contributed by atoms with E-state index in [-0.39, 0.29) is 68.2 Å². The molecule has 0 saturated carbocycles. The summed E-state index contributed by atoms with van der Waals surface area (Å²) in [6, 6.07) is 19.3. The SMILES string of the molecule is CC(C)(C)c1ccc(OP(=O)([O-])[O-])cc1.CC(C)(C)c1ccc(OP(=O)([O-])[O-])cc1.CC(C)(C)c1ccc(OP(=O)([O-])[O-])cc1.[Al+3].[Al+3]. The smallest absolute Gasteiger partial charge is 0.780 e. The van der Waals surface area contributed by atoms with Crippen molar-refractivity contribution < 1.29 is 56.6 Å². The van der Waals surface area contributed by atoms with Gasteiger partial charge in [0, 0.05) is 0 Å². The topological polar surface area (TPSA) is 217 Å². The molecule has 0 spiro atoms. The summed E-state index contributed by atoms with van der Waals surface area (Å²) in [4.78, 5) is 62.0. The van der Waals surface area contributed by atoms with Crippen molar-refractivity contribution in [3.8, 4) is 17.2 Å². The molecule has 0 heterocycles. The van der Waals surface area contributed by atoms with Gasteiger partial charge in [-0.1, -0.05) is 98.7 Å². The van der Waals surface area contributed by atoms with Crippen LogP contribution in [0.25, 0.3) is 0 Å². The van der Waals surface area contributed by atoms with Gasteiger partial charge in [-0.2, -0.15) is 0 Å². The minimum Gasteiger partial charge on any atom is -0.780 e. The standard InChI is InChI=1S/3C10H15O4P.2Al/c3*1-10(2,3)8-4-6-9(7-5-8)14-15(11,12)13;;/h3*4-7H,1-3H3,(H2,11,12,13);;/q;;;2*+3/p-6. The second-order valence-corrected chi connectivity index (χ2v) is 16.2. The maximum Gasteiger partial charge on any atom is 3.00 e. The predicted octanol–water partition coefficient (Wildman–Crippen LogP) is 2.81. The summed E-state index contributed by atoms with van der Waals surface area (Å²) in [5.41, 5.74) is 3.08. The third-order valence-electron chi connectivity index (χ3n) is 5.81. The van der Waals surface area contributed by atoms with Gasteiger partial charge in [0.25, 0.3) is 0 Å². The Kier molecular flexibility index (Phi) is 18.8. The summed E-state index contributed by atoms with van der Waals surface area (Å²) >= 11 is 0.